The fourth-order valence-corrected chi connectivity index (χ4v) is 3.56. The number of carbonyl (C=O) groups excluding carboxylic acids is 1. The summed E-state index contributed by atoms with van der Waals surface area (Å²) in [5, 5.41) is 5.26. The Kier molecular flexibility index (Phi) is 5.18. The maximum absolute atomic E-state index is 12.7. The van der Waals surface area contributed by atoms with E-state index in [1.165, 1.54) is 4.88 Å². The van der Waals surface area contributed by atoms with Gasteiger partial charge in [0.15, 0.2) is 0 Å². The molecule has 1 aliphatic rings. The first-order valence-corrected chi connectivity index (χ1v) is 8.09. The minimum absolute atomic E-state index is 0.0637. The van der Waals surface area contributed by atoms with Crippen molar-refractivity contribution < 1.29 is 9.53 Å². The summed E-state index contributed by atoms with van der Waals surface area (Å²) >= 11 is 1.68. The van der Waals surface area contributed by atoms with Crippen molar-refractivity contribution in [3.8, 4) is 0 Å². The monoisotopic (exact) mass is 296 g/mol. The maximum Gasteiger partial charge on any atom is 0.228 e. The molecule has 1 aromatic rings. The van der Waals surface area contributed by atoms with Gasteiger partial charge in [0, 0.05) is 24.6 Å². The summed E-state index contributed by atoms with van der Waals surface area (Å²) in [4.78, 5) is 13.9. The molecule has 3 N–H and O–H groups in total. The SMILES string of the molecule is CC(C)C(NC(=O)C1(CN)CCOCC1)c1cccs1. The highest BCUT2D eigenvalue weighted by atomic mass is 32.1. The standard InChI is InChI=1S/C15H24N2O2S/c1-11(2)13(12-4-3-9-20-12)17-14(18)15(10-16)5-7-19-8-6-15/h3-4,9,11,13H,5-8,10,16H2,1-2H3,(H,17,18). The first-order valence-electron chi connectivity index (χ1n) is 7.21. The first-order chi connectivity index (χ1) is 9.59. The van der Waals surface area contributed by atoms with Crippen LogP contribution in [0, 0.1) is 11.3 Å². The molecule has 1 aliphatic heterocycles. The van der Waals surface area contributed by atoms with Gasteiger partial charge in [-0.05, 0) is 30.2 Å². The maximum atomic E-state index is 12.7. The zero-order chi connectivity index (χ0) is 14.6. The second-order valence-electron chi connectivity index (χ2n) is 5.81. The minimum atomic E-state index is -0.456. The molecule has 0 saturated carbocycles. The quantitative estimate of drug-likeness (QED) is 0.876. The third-order valence-electron chi connectivity index (χ3n) is 4.13. The number of hydrogen-bond acceptors (Lipinski definition) is 4. The smallest absolute Gasteiger partial charge is 0.228 e. The minimum Gasteiger partial charge on any atom is -0.381 e. The van der Waals surface area contributed by atoms with E-state index in [1.54, 1.807) is 11.3 Å². The lowest BCUT2D eigenvalue weighted by Gasteiger charge is -2.36. The van der Waals surface area contributed by atoms with Crippen LogP contribution in [-0.2, 0) is 9.53 Å². The number of ether oxygens (including phenoxy) is 1. The van der Waals surface area contributed by atoms with E-state index in [9.17, 15) is 4.79 Å². The van der Waals surface area contributed by atoms with Crippen LogP contribution in [0.1, 0.15) is 37.6 Å². The summed E-state index contributed by atoms with van der Waals surface area (Å²) < 4.78 is 5.37. The molecular weight excluding hydrogens is 272 g/mol. The van der Waals surface area contributed by atoms with Gasteiger partial charge in [-0.1, -0.05) is 19.9 Å². The van der Waals surface area contributed by atoms with Crippen LogP contribution in [0.15, 0.2) is 17.5 Å². The predicted molar refractivity (Wildman–Crippen MR) is 81.6 cm³/mol. The molecule has 1 unspecified atom stereocenters. The Bertz CT molecular complexity index is 425. The molecule has 1 saturated heterocycles. The molecule has 1 atom stereocenters. The zero-order valence-electron chi connectivity index (χ0n) is 12.2. The number of amides is 1. The van der Waals surface area contributed by atoms with E-state index < -0.39 is 5.41 Å². The van der Waals surface area contributed by atoms with E-state index in [0.29, 0.717) is 38.5 Å². The Morgan fingerprint density at radius 2 is 2.20 bits per heavy atom. The molecule has 1 amide bonds. The van der Waals surface area contributed by atoms with Crippen molar-refractivity contribution in [2.24, 2.45) is 17.1 Å². The van der Waals surface area contributed by atoms with Crippen LogP contribution in [-0.4, -0.2) is 25.7 Å². The molecule has 1 fully saturated rings. The molecule has 112 valence electrons. The molecule has 0 radical (unpaired) electrons. The molecule has 1 aromatic heterocycles. The summed E-state index contributed by atoms with van der Waals surface area (Å²) in [6, 6.07) is 4.16. The Hall–Kier alpha value is -0.910. The van der Waals surface area contributed by atoms with Crippen LogP contribution in [0.25, 0.3) is 0 Å². The Labute approximate surface area is 124 Å². The second kappa shape index (κ2) is 6.70. The van der Waals surface area contributed by atoms with Crippen LogP contribution in [0.5, 0.6) is 0 Å². The Morgan fingerprint density at radius 1 is 1.50 bits per heavy atom. The van der Waals surface area contributed by atoms with Gasteiger partial charge in [0.05, 0.1) is 11.5 Å². The number of carbonyl (C=O) groups is 1. The van der Waals surface area contributed by atoms with Crippen molar-refractivity contribution in [1.29, 1.82) is 0 Å². The average Bonchev–Trinajstić information content (AvgIpc) is 2.98. The number of nitrogens with two attached hydrogens (primary N) is 1. The fraction of sp³-hybridized carbons (Fsp3) is 0.667. The van der Waals surface area contributed by atoms with Crippen molar-refractivity contribution in [2.45, 2.75) is 32.7 Å². The molecule has 0 spiro atoms. The lowest BCUT2D eigenvalue weighted by Crippen LogP contribution is -2.50. The largest absolute Gasteiger partial charge is 0.381 e. The summed E-state index contributed by atoms with van der Waals surface area (Å²) in [7, 11) is 0. The summed E-state index contributed by atoms with van der Waals surface area (Å²) in [6.07, 6.45) is 1.43. The lowest BCUT2D eigenvalue weighted by molar-refractivity contribution is -0.137. The van der Waals surface area contributed by atoms with Gasteiger partial charge in [-0.15, -0.1) is 11.3 Å². The van der Waals surface area contributed by atoms with E-state index in [1.807, 2.05) is 11.4 Å². The van der Waals surface area contributed by atoms with Crippen LogP contribution in [0.3, 0.4) is 0 Å². The zero-order valence-corrected chi connectivity index (χ0v) is 13.0. The van der Waals surface area contributed by atoms with E-state index in [4.69, 9.17) is 10.5 Å². The molecule has 0 aliphatic carbocycles. The Morgan fingerprint density at radius 3 is 2.70 bits per heavy atom. The van der Waals surface area contributed by atoms with Crippen molar-refractivity contribution >= 4 is 17.2 Å². The average molecular weight is 296 g/mol. The highest BCUT2D eigenvalue weighted by Gasteiger charge is 2.40. The van der Waals surface area contributed by atoms with E-state index in [-0.39, 0.29) is 11.9 Å². The summed E-state index contributed by atoms with van der Waals surface area (Å²) in [6.45, 7) is 5.89. The Balaban J connectivity index is 2.11. The van der Waals surface area contributed by atoms with Gasteiger partial charge in [0.2, 0.25) is 5.91 Å². The van der Waals surface area contributed by atoms with Crippen LogP contribution < -0.4 is 11.1 Å². The molecule has 5 heteroatoms. The molecule has 0 aromatic carbocycles. The van der Waals surface area contributed by atoms with Gasteiger partial charge in [-0.3, -0.25) is 4.79 Å². The topological polar surface area (TPSA) is 64.4 Å². The number of hydrogen-bond donors (Lipinski definition) is 2. The summed E-state index contributed by atoms with van der Waals surface area (Å²) in [5.41, 5.74) is 5.44. The normalized spacial score (nSPS) is 19.8. The fourth-order valence-electron chi connectivity index (χ4n) is 2.61. The van der Waals surface area contributed by atoms with Crippen molar-refractivity contribution in [1.82, 2.24) is 5.32 Å². The van der Waals surface area contributed by atoms with E-state index in [2.05, 4.69) is 25.2 Å². The van der Waals surface area contributed by atoms with Gasteiger partial charge in [0.1, 0.15) is 0 Å². The molecular formula is C15H24N2O2S. The van der Waals surface area contributed by atoms with Gasteiger partial charge >= 0.3 is 0 Å². The van der Waals surface area contributed by atoms with E-state index in [0.717, 1.165) is 0 Å². The first kappa shape index (κ1) is 15.5. The molecule has 0 bridgehead atoms. The molecule has 4 nitrogen and oxygen atoms in total. The van der Waals surface area contributed by atoms with Gasteiger partial charge in [0.25, 0.3) is 0 Å². The van der Waals surface area contributed by atoms with Crippen molar-refractivity contribution in [2.75, 3.05) is 19.8 Å². The third kappa shape index (κ3) is 3.22. The van der Waals surface area contributed by atoms with E-state index >= 15 is 0 Å². The molecule has 2 heterocycles. The van der Waals surface area contributed by atoms with Crippen LogP contribution in [0.4, 0.5) is 0 Å². The molecule has 2 rings (SSSR count). The van der Waals surface area contributed by atoms with Crippen LogP contribution in [0.2, 0.25) is 0 Å². The number of nitrogens with one attached hydrogen (secondary N) is 1. The van der Waals surface area contributed by atoms with Crippen molar-refractivity contribution in [3.63, 3.8) is 0 Å². The third-order valence-corrected chi connectivity index (χ3v) is 5.08. The highest BCUT2D eigenvalue weighted by Crippen LogP contribution is 2.32. The summed E-state index contributed by atoms with van der Waals surface area (Å²) in [5.74, 6) is 0.433. The van der Waals surface area contributed by atoms with Gasteiger partial charge in [-0.2, -0.15) is 0 Å². The molecule has 20 heavy (non-hydrogen) atoms. The van der Waals surface area contributed by atoms with Gasteiger partial charge in [-0.25, -0.2) is 0 Å². The second-order valence-corrected chi connectivity index (χ2v) is 6.79. The predicted octanol–water partition coefficient (Wildman–Crippen LogP) is 2.32. The van der Waals surface area contributed by atoms with Crippen molar-refractivity contribution in [3.05, 3.63) is 22.4 Å². The lowest BCUT2D eigenvalue weighted by atomic mass is 9.79. The highest BCUT2D eigenvalue weighted by molar-refractivity contribution is 7.10. The number of rotatable bonds is 5. The van der Waals surface area contributed by atoms with Gasteiger partial charge < -0.3 is 15.8 Å². The van der Waals surface area contributed by atoms with Crippen LogP contribution >= 0.6 is 11.3 Å². The number of thiophene rings is 1.